The lowest BCUT2D eigenvalue weighted by Gasteiger charge is -2.10. The number of nitrogens with one attached hydrogen (secondary N) is 1. The second-order valence-corrected chi connectivity index (χ2v) is 6.35. The van der Waals surface area contributed by atoms with Crippen LogP contribution in [0.2, 0.25) is 0 Å². The van der Waals surface area contributed by atoms with Crippen LogP contribution in [0.3, 0.4) is 0 Å². The first kappa shape index (κ1) is 14.7. The van der Waals surface area contributed by atoms with E-state index in [-0.39, 0.29) is 11.4 Å². The number of rotatable bonds is 3. The number of aromatic hydroxyl groups is 1. The van der Waals surface area contributed by atoms with Crippen LogP contribution in [0.1, 0.15) is 0 Å². The first-order chi connectivity index (χ1) is 9.31. The van der Waals surface area contributed by atoms with Gasteiger partial charge in [-0.25, -0.2) is 17.2 Å². The molecule has 0 amide bonds. The highest BCUT2D eigenvalue weighted by atomic mass is 79.9. The summed E-state index contributed by atoms with van der Waals surface area (Å²) in [7, 11) is -4.13. The minimum Gasteiger partial charge on any atom is -0.505 e. The van der Waals surface area contributed by atoms with Gasteiger partial charge in [-0.15, -0.1) is 0 Å². The molecule has 0 bridgehead atoms. The Morgan fingerprint density at radius 3 is 2.45 bits per heavy atom. The molecule has 0 aliphatic rings. The molecule has 0 atom stereocenters. The quantitative estimate of drug-likeness (QED) is 0.822. The number of phenolic OH excluding ortho intramolecular Hbond substituents is 1. The molecule has 0 saturated carbocycles. The van der Waals surface area contributed by atoms with Crippen LogP contribution in [0.25, 0.3) is 0 Å². The van der Waals surface area contributed by atoms with E-state index in [1.165, 1.54) is 18.2 Å². The highest BCUT2D eigenvalue weighted by Crippen LogP contribution is 2.33. The van der Waals surface area contributed by atoms with Crippen molar-refractivity contribution in [3.63, 3.8) is 0 Å². The van der Waals surface area contributed by atoms with Gasteiger partial charge in [-0.2, -0.15) is 0 Å². The fraction of sp³-hybridized carbons (Fsp3) is 0. The zero-order valence-electron chi connectivity index (χ0n) is 9.77. The third-order valence-corrected chi connectivity index (χ3v) is 4.44. The van der Waals surface area contributed by atoms with Crippen LogP contribution in [-0.4, -0.2) is 13.5 Å². The van der Waals surface area contributed by atoms with Gasteiger partial charge in [0.15, 0.2) is 17.4 Å². The van der Waals surface area contributed by atoms with Crippen molar-refractivity contribution in [3.05, 3.63) is 52.5 Å². The fourth-order valence-corrected chi connectivity index (χ4v) is 2.89. The van der Waals surface area contributed by atoms with Crippen LogP contribution in [0.15, 0.2) is 45.8 Å². The molecule has 0 saturated heterocycles. The molecule has 4 nitrogen and oxygen atoms in total. The first-order valence-corrected chi connectivity index (χ1v) is 7.54. The monoisotopic (exact) mass is 363 g/mol. The van der Waals surface area contributed by atoms with Gasteiger partial charge in [0.1, 0.15) is 0 Å². The molecule has 0 heterocycles. The third-order valence-electron chi connectivity index (χ3n) is 2.43. The summed E-state index contributed by atoms with van der Waals surface area (Å²) in [6.45, 7) is 0. The lowest BCUT2D eigenvalue weighted by molar-refractivity contribution is 0.474. The second-order valence-electron chi connectivity index (χ2n) is 3.82. The van der Waals surface area contributed by atoms with Crippen molar-refractivity contribution in [2.45, 2.75) is 4.90 Å². The molecule has 8 heteroatoms. The van der Waals surface area contributed by atoms with Crippen LogP contribution >= 0.6 is 15.9 Å². The Morgan fingerprint density at radius 2 is 1.80 bits per heavy atom. The molecular formula is C12H8BrF2NO3S. The Labute approximate surface area is 122 Å². The maximum atomic E-state index is 13.1. The molecule has 20 heavy (non-hydrogen) atoms. The van der Waals surface area contributed by atoms with Crippen LogP contribution in [0, 0.1) is 11.6 Å². The zero-order chi connectivity index (χ0) is 14.9. The highest BCUT2D eigenvalue weighted by molar-refractivity contribution is 9.10. The number of anilines is 1. The summed E-state index contributed by atoms with van der Waals surface area (Å²) in [6, 6.07) is 6.56. The number of hydrogen-bond acceptors (Lipinski definition) is 3. The molecule has 0 spiro atoms. The van der Waals surface area contributed by atoms with E-state index in [2.05, 4.69) is 20.7 Å². The summed E-state index contributed by atoms with van der Waals surface area (Å²) in [5.41, 5.74) is -0.0795. The van der Waals surface area contributed by atoms with Crippen LogP contribution in [0.4, 0.5) is 14.5 Å². The number of sulfonamides is 1. The Kier molecular flexibility index (Phi) is 3.96. The minimum atomic E-state index is -4.13. The van der Waals surface area contributed by atoms with E-state index in [1.54, 1.807) is 0 Å². The van der Waals surface area contributed by atoms with Crippen molar-refractivity contribution >= 4 is 31.6 Å². The molecule has 2 aromatic carbocycles. The number of para-hydroxylation sites is 1. The predicted molar refractivity (Wildman–Crippen MR) is 73.0 cm³/mol. The van der Waals surface area contributed by atoms with E-state index in [9.17, 15) is 22.3 Å². The lowest BCUT2D eigenvalue weighted by Crippen LogP contribution is -2.13. The second kappa shape index (κ2) is 5.37. The Morgan fingerprint density at radius 1 is 1.10 bits per heavy atom. The zero-order valence-corrected chi connectivity index (χ0v) is 12.2. The van der Waals surface area contributed by atoms with Crippen LogP contribution in [0.5, 0.6) is 5.75 Å². The summed E-state index contributed by atoms with van der Waals surface area (Å²) >= 11 is 3.04. The normalized spacial score (nSPS) is 11.3. The average molecular weight is 364 g/mol. The van der Waals surface area contributed by atoms with Gasteiger partial charge in [-0.1, -0.05) is 6.07 Å². The van der Waals surface area contributed by atoms with Gasteiger partial charge in [0.05, 0.1) is 15.1 Å². The molecule has 0 unspecified atom stereocenters. The molecular weight excluding hydrogens is 356 g/mol. The molecule has 2 N–H and O–H groups in total. The lowest BCUT2D eigenvalue weighted by atomic mass is 10.3. The van der Waals surface area contributed by atoms with Crippen molar-refractivity contribution in [2.24, 2.45) is 0 Å². The highest BCUT2D eigenvalue weighted by Gasteiger charge is 2.18. The summed E-state index contributed by atoms with van der Waals surface area (Å²) < 4.78 is 52.3. The van der Waals surface area contributed by atoms with Crippen LogP contribution in [-0.2, 0) is 10.0 Å². The molecule has 106 valence electrons. The largest absolute Gasteiger partial charge is 0.505 e. The average Bonchev–Trinajstić information content (AvgIpc) is 2.38. The van der Waals surface area contributed by atoms with Gasteiger partial charge in [0, 0.05) is 0 Å². The van der Waals surface area contributed by atoms with Gasteiger partial charge in [0.2, 0.25) is 0 Å². The standard InChI is InChI=1S/C12H8BrF2NO3S/c13-8-2-1-3-11(12(8)17)16-20(18,19)7-4-5-9(14)10(15)6-7/h1-6,16-17H. The van der Waals surface area contributed by atoms with Crippen molar-refractivity contribution < 1.29 is 22.3 Å². The SMILES string of the molecule is O=S(=O)(Nc1cccc(Br)c1O)c1ccc(F)c(F)c1. The van der Waals surface area contributed by atoms with E-state index in [0.29, 0.717) is 16.6 Å². The minimum absolute atomic E-state index is 0.0795. The van der Waals surface area contributed by atoms with E-state index < -0.39 is 26.6 Å². The topological polar surface area (TPSA) is 66.4 Å². The van der Waals surface area contributed by atoms with E-state index >= 15 is 0 Å². The summed E-state index contributed by atoms with van der Waals surface area (Å²) in [5.74, 6) is -2.72. The van der Waals surface area contributed by atoms with Crippen molar-refractivity contribution in [3.8, 4) is 5.75 Å². The fourth-order valence-electron chi connectivity index (χ4n) is 1.45. The van der Waals surface area contributed by atoms with Crippen molar-refractivity contribution in [2.75, 3.05) is 4.72 Å². The third kappa shape index (κ3) is 2.91. The predicted octanol–water partition coefficient (Wildman–Crippen LogP) is 3.23. The number of phenols is 1. The Hall–Kier alpha value is -1.67. The smallest absolute Gasteiger partial charge is 0.262 e. The molecule has 0 radical (unpaired) electrons. The molecule has 2 aromatic rings. The summed E-state index contributed by atoms with van der Waals surface area (Å²) in [6.07, 6.45) is 0. The van der Waals surface area contributed by atoms with Crippen molar-refractivity contribution in [1.82, 2.24) is 0 Å². The van der Waals surface area contributed by atoms with Gasteiger partial charge < -0.3 is 5.11 Å². The molecule has 0 aromatic heterocycles. The first-order valence-electron chi connectivity index (χ1n) is 5.26. The maximum absolute atomic E-state index is 13.1. The Balaban J connectivity index is 2.41. The van der Waals surface area contributed by atoms with Gasteiger partial charge in [-0.05, 0) is 46.3 Å². The van der Waals surface area contributed by atoms with Crippen molar-refractivity contribution in [1.29, 1.82) is 0 Å². The molecule has 2 rings (SSSR count). The Bertz CT molecular complexity index is 765. The maximum Gasteiger partial charge on any atom is 0.262 e. The number of benzene rings is 2. The number of halogens is 3. The molecule has 0 fully saturated rings. The van der Waals surface area contributed by atoms with Crippen LogP contribution < -0.4 is 4.72 Å². The van der Waals surface area contributed by atoms with E-state index in [1.807, 2.05) is 0 Å². The van der Waals surface area contributed by atoms with Gasteiger partial charge in [0.25, 0.3) is 10.0 Å². The summed E-state index contributed by atoms with van der Waals surface area (Å²) in [5, 5.41) is 9.70. The molecule has 0 aliphatic heterocycles. The van der Waals surface area contributed by atoms with Gasteiger partial charge in [-0.3, -0.25) is 4.72 Å². The summed E-state index contributed by atoms with van der Waals surface area (Å²) in [4.78, 5) is -0.448. The van der Waals surface area contributed by atoms with E-state index in [4.69, 9.17) is 0 Å². The van der Waals surface area contributed by atoms with E-state index in [0.717, 1.165) is 6.07 Å². The number of hydrogen-bond donors (Lipinski definition) is 2. The molecule has 0 aliphatic carbocycles. The van der Waals surface area contributed by atoms with Gasteiger partial charge >= 0.3 is 0 Å².